The van der Waals surface area contributed by atoms with Crippen molar-refractivity contribution in [2.45, 2.75) is 83.5 Å². The minimum atomic E-state index is -5.58. The molecule has 1 aliphatic rings. The number of amides is 2. The first-order valence-electron chi connectivity index (χ1n) is 20.5. The minimum Gasteiger partial charge on any atom is -0.386 e. The maximum absolute atomic E-state index is 12.9. The Morgan fingerprint density at radius 3 is 2.48 bits per heavy atom. The number of benzene rings is 1. The van der Waals surface area contributed by atoms with Crippen LogP contribution >= 0.6 is 35.2 Å². The number of aliphatic hydroxyl groups is 2. The van der Waals surface area contributed by atoms with Gasteiger partial charge in [-0.1, -0.05) is 39.0 Å². The van der Waals surface area contributed by atoms with E-state index in [1.54, 1.807) is 11.8 Å². The number of carbonyl (C=O) groups excluding carboxylic acids is 3. The number of fused-ring (bicyclic) bond motifs is 2. The number of carbonyl (C=O) groups is 3. The number of ether oxygens (including phenoxy) is 1. The predicted octanol–water partition coefficient (Wildman–Crippen LogP) is 2.24. The zero-order chi connectivity index (χ0) is 48.5. The van der Waals surface area contributed by atoms with Crippen LogP contribution < -0.4 is 16.4 Å². The van der Waals surface area contributed by atoms with E-state index in [1.807, 2.05) is 31.3 Å². The average Bonchev–Trinajstić information content (AvgIpc) is 3.95. The van der Waals surface area contributed by atoms with Gasteiger partial charge in [-0.2, -0.15) is 16.1 Å². The minimum absolute atomic E-state index is 0.0316. The maximum Gasteiger partial charge on any atom is 0.481 e. The van der Waals surface area contributed by atoms with Crippen LogP contribution in [-0.2, 0) is 57.1 Å². The van der Waals surface area contributed by atoms with E-state index >= 15 is 0 Å². The second-order valence-electron chi connectivity index (χ2n) is 15.9. The maximum atomic E-state index is 12.9. The number of H-pyrrole nitrogens is 1. The number of rotatable bonds is 27. The highest BCUT2D eigenvalue weighted by molar-refractivity contribution is 7.99. The Labute approximate surface area is 382 Å². The van der Waals surface area contributed by atoms with Crippen molar-refractivity contribution in [1.82, 2.24) is 35.1 Å². The molecule has 5 rings (SSSR count). The molecule has 1 aromatic carbocycles. The van der Waals surface area contributed by atoms with Gasteiger partial charge in [0.15, 0.2) is 17.7 Å². The van der Waals surface area contributed by atoms with Gasteiger partial charge in [0, 0.05) is 65.9 Å². The third-order valence-corrected chi connectivity index (χ3v) is 14.7. The van der Waals surface area contributed by atoms with Crippen molar-refractivity contribution < 1.29 is 80.5 Å². The number of nitrogen functional groups attached to an aromatic ring is 1. The van der Waals surface area contributed by atoms with E-state index in [1.165, 1.54) is 19.4 Å². The summed E-state index contributed by atoms with van der Waals surface area (Å²) in [5.74, 6) is -0.0742. The number of ketones is 1. The zero-order valence-corrected chi connectivity index (χ0v) is 39.6. The summed E-state index contributed by atoms with van der Waals surface area (Å²) in [6, 6.07) is 8.04. The van der Waals surface area contributed by atoms with Gasteiger partial charge in [-0.25, -0.2) is 28.6 Å². The fourth-order valence-corrected chi connectivity index (χ4v) is 10.8. The second-order valence-corrected chi connectivity index (χ2v) is 21.3. The third kappa shape index (κ3) is 14.9. The number of hydrogen-bond donors (Lipinski definition) is 10. The van der Waals surface area contributed by atoms with Gasteiger partial charge in [-0.3, -0.25) is 32.5 Å². The van der Waals surface area contributed by atoms with Gasteiger partial charge < -0.3 is 55.9 Å². The van der Waals surface area contributed by atoms with Crippen LogP contribution in [0.2, 0.25) is 0 Å². The van der Waals surface area contributed by atoms with Crippen molar-refractivity contribution in [3.05, 3.63) is 48.7 Å². The number of nitrogens with one attached hydrogen (secondary N) is 3. The molecule has 4 unspecified atom stereocenters. The van der Waals surface area contributed by atoms with Crippen LogP contribution in [0.25, 0.3) is 22.1 Å². The summed E-state index contributed by atoms with van der Waals surface area (Å²) >= 11 is 1.55. The molecule has 11 N–H and O–H groups in total. The lowest BCUT2D eigenvalue weighted by Crippen LogP contribution is -2.46. The standard InChI is InChI=1S/C37H55N8O17P3S/c1-4-22(26(46)11-7-8-23-16-41-25-10-6-5-9-24(23)25)18-66-15-14-39-28(47)12-13-40-35(50)32(49)37(2,3)19-59-65(56,57)62-64(54,55)58-17-27-31(61-63(51,52)53)30(48)36(60-27)45-21-44-29-33(38)42-20-43-34(29)45/h5-6,9-10,16,20-22,27,30-32,36,41,48-49H,4,7-8,11-15,17-19H2,1-3H3,(H,39,47)(H,40,50)(H,54,55)(H,56,57)(H2,38,42,43)(H2,51,52,53)/t22?,27-,30-,31-,32?,36-/m1/s1. The molecule has 2 amide bonds. The number of thioether (sulfide) groups is 1. The molecule has 8 atom stereocenters. The fourth-order valence-electron chi connectivity index (χ4n) is 6.86. The summed E-state index contributed by atoms with van der Waals surface area (Å²) in [6.07, 6.45) is -2.14. The number of para-hydroxylation sites is 1. The Kier molecular flexibility index (Phi) is 18.6. The quantitative estimate of drug-likeness (QED) is 0.0302. The number of nitrogens with two attached hydrogens (primary N) is 1. The summed E-state index contributed by atoms with van der Waals surface area (Å²) in [7, 11) is -16.4. The Hall–Kier alpha value is -3.68. The third-order valence-electron chi connectivity index (χ3n) is 10.5. The van der Waals surface area contributed by atoms with Crippen molar-refractivity contribution in [3.8, 4) is 0 Å². The van der Waals surface area contributed by atoms with Gasteiger partial charge in [0.2, 0.25) is 11.8 Å². The predicted molar refractivity (Wildman–Crippen MR) is 237 cm³/mol. The van der Waals surface area contributed by atoms with Crippen LogP contribution in [0.3, 0.4) is 0 Å². The number of aryl methyl sites for hydroxylation is 1. The topological polar surface area (TPSA) is 379 Å². The lowest BCUT2D eigenvalue weighted by molar-refractivity contribution is -0.137. The Bertz CT molecular complexity index is 2450. The smallest absolute Gasteiger partial charge is 0.386 e. The number of anilines is 1. The van der Waals surface area contributed by atoms with Crippen LogP contribution in [0, 0.1) is 11.3 Å². The normalized spacial score (nSPS) is 20.7. The molecule has 4 heterocycles. The van der Waals surface area contributed by atoms with Gasteiger partial charge in [-0.05, 0) is 30.9 Å². The molecule has 1 saturated heterocycles. The van der Waals surface area contributed by atoms with E-state index in [0.29, 0.717) is 30.9 Å². The lowest BCUT2D eigenvalue weighted by Gasteiger charge is -2.30. The van der Waals surface area contributed by atoms with Crippen LogP contribution in [0.1, 0.15) is 58.2 Å². The molecule has 29 heteroatoms. The van der Waals surface area contributed by atoms with E-state index in [4.69, 9.17) is 19.5 Å². The SMILES string of the molecule is CCC(CSCCNC(=O)CCNC(=O)C(O)C(C)(C)COP(=O)(O)OP(=O)(O)OC[C@H]1O[C@@H](n2cnc3c(N)ncnc32)[C@H](O)[C@@H]1OP(=O)(O)O)C(=O)CCCc1c[nH]c2ccccc12. The van der Waals surface area contributed by atoms with E-state index in [-0.39, 0.29) is 47.6 Å². The van der Waals surface area contributed by atoms with Crippen LogP contribution in [0.5, 0.6) is 0 Å². The van der Waals surface area contributed by atoms with E-state index in [9.17, 15) is 57.9 Å². The first-order valence-corrected chi connectivity index (χ1v) is 26.2. The van der Waals surface area contributed by atoms with Crippen molar-refractivity contribution >= 4 is 80.7 Å². The molecular weight excluding hydrogens is 953 g/mol. The van der Waals surface area contributed by atoms with Gasteiger partial charge in [0.1, 0.15) is 42.0 Å². The molecule has 0 spiro atoms. The number of aromatic nitrogens is 5. The van der Waals surface area contributed by atoms with Crippen LogP contribution in [-0.4, -0.2) is 134 Å². The molecular formula is C37H55N8O17P3S. The molecule has 0 radical (unpaired) electrons. The average molecular weight is 1010 g/mol. The summed E-state index contributed by atoms with van der Waals surface area (Å²) < 4.78 is 62.5. The monoisotopic (exact) mass is 1010 g/mol. The molecule has 366 valence electrons. The molecule has 0 bridgehead atoms. The van der Waals surface area contributed by atoms with E-state index in [2.05, 4.69) is 45.5 Å². The Balaban J connectivity index is 0.988. The number of hydrogen-bond acceptors (Lipinski definition) is 18. The van der Waals surface area contributed by atoms with Crippen molar-refractivity contribution in [2.75, 3.05) is 43.5 Å². The number of nitrogens with zero attached hydrogens (tertiary/aromatic N) is 4. The Morgan fingerprint density at radius 1 is 1.03 bits per heavy atom. The van der Waals surface area contributed by atoms with Crippen molar-refractivity contribution in [1.29, 1.82) is 0 Å². The van der Waals surface area contributed by atoms with Crippen LogP contribution in [0.15, 0.2) is 43.1 Å². The van der Waals surface area contributed by atoms with Crippen molar-refractivity contribution in [2.24, 2.45) is 11.3 Å². The number of aromatic amines is 1. The molecule has 66 heavy (non-hydrogen) atoms. The number of phosphoric acid groups is 3. The largest absolute Gasteiger partial charge is 0.481 e. The Morgan fingerprint density at radius 2 is 1.76 bits per heavy atom. The summed E-state index contributed by atoms with van der Waals surface area (Å²) in [5.41, 5.74) is 6.54. The van der Waals surface area contributed by atoms with Gasteiger partial charge in [-0.15, -0.1) is 0 Å². The van der Waals surface area contributed by atoms with Crippen molar-refractivity contribution in [3.63, 3.8) is 0 Å². The number of Topliss-reactive ketones (excluding diaryl/α,β-unsaturated/α-hetero) is 1. The summed E-state index contributed by atoms with van der Waals surface area (Å²) in [4.78, 5) is 92.5. The molecule has 1 fully saturated rings. The number of aliphatic hydroxyl groups excluding tert-OH is 2. The highest BCUT2D eigenvalue weighted by Gasteiger charge is 2.50. The summed E-state index contributed by atoms with van der Waals surface area (Å²) in [6.45, 7) is 2.65. The number of phosphoric ester groups is 3. The van der Waals surface area contributed by atoms with Gasteiger partial charge in [0.05, 0.1) is 19.5 Å². The van der Waals surface area contributed by atoms with E-state index in [0.717, 1.165) is 41.0 Å². The lowest BCUT2D eigenvalue weighted by atomic mass is 9.87. The number of imidazole rings is 1. The molecule has 1 aliphatic heterocycles. The first-order chi connectivity index (χ1) is 31.0. The van der Waals surface area contributed by atoms with E-state index < -0.39 is 78.6 Å². The first kappa shape index (κ1) is 53.3. The highest BCUT2D eigenvalue weighted by atomic mass is 32.2. The molecule has 25 nitrogen and oxygen atoms in total. The molecule has 3 aromatic heterocycles. The van der Waals surface area contributed by atoms with Crippen LogP contribution in [0.4, 0.5) is 5.82 Å². The molecule has 0 saturated carbocycles. The zero-order valence-electron chi connectivity index (χ0n) is 36.1. The molecule has 0 aliphatic carbocycles. The highest BCUT2D eigenvalue weighted by Crippen LogP contribution is 2.61. The summed E-state index contributed by atoms with van der Waals surface area (Å²) in [5, 5.41) is 27.9. The van der Waals surface area contributed by atoms with Gasteiger partial charge in [0.25, 0.3) is 0 Å². The molecule has 4 aromatic rings. The second kappa shape index (κ2) is 23.1. The van der Waals surface area contributed by atoms with Gasteiger partial charge >= 0.3 is 23.5 Å². The fraction of sp³-hybridized carbons (Fsp3) is 0.568.